The summed E-state index contributed by atoms with van der Waals surface area (Å²) in [4.78, 5) is 41.9. The molecule has 152 valence electrons. The number of H-pyrrole nitrogens is 1. The molecule has 1 saturated carbocycles. The molecule has 2 fully saturated rings. The lowest BCUT2D eigenvalue weighted by molar-refractivity contribution is -0.139. The minimum atomic E-state index is -0.0745. The zero-order chi connectivity index (χ0) is 19.8. The quantitative estimate of drug-likeness (QED) is 0.861. The molecule has 1 aliphatic carbocycles. The van der Waals surface area contributed by atoms with E-state index in [1.807, 2.05) is 17.2 Å². The van der Waals surface area contributed by atoms with Crippen molar-refractivity contribution in [2.45, 2.75) is 57.7 Å². The van der Waals surface area contributed by atoms with Crippen LogP contribution in [0.1, 0.15) is 60.8 Å². The Morgan fingerprint density at radius 1 is 1.21 bits per heavy atom. The van der Waals surface area contributed by atoms with Crippen molar-refractivity contribution in [3.8, 4) is 0 Å². The van der Waals surface area contributed by atoms with Crippen molar-refractivity contribution in [3.63, 3.8) is 0 Å². The van der Waals surface area contributed by atoms with Crippen LogP contribution < -0.4 is 5.56 Å². The Morgan fingerprint density at radius 2 is 2.10 bits per heavy atom. The number of likely N-dealkylation sites (tertiary alicyclic amines) is 1. The Balaban J connectivity index is 1.35. The van der Waals surface area contributed by atoms with E-state index in [4.69, 9.17) is 4.98 Å². The summed E-state index contributed by atoms with van der Waals surface area (Å²) in [7, 11) is 0. The van der Waals surface area contributed by atoms with Gasteiger partial charge in [-0.3, -0.25) is 19.5 Å². The van der Waals surface area contributed by atoms with E-state index in [2.05, 4.69) is 20.9 Å². The molecule has 29 heavy (non-hydrogen) atoms. The highest BCUT2D eigenvalue weighted by Gasteiger charge is 2.37. The molecule has 1 atom stereocenters. The Morgan fingerprint density at radius 3 is 2.86 bits per heavy atom. The monoisotopic (exact) mass is 393 g/mol. The molecule has 0 aromatic carbocycles. The van der Waals surface area contributed by atoms with E-state index < -0.39 is 0 Å². The van der Waals surface area contributed by atoms with Gasteiger partial charge in [0, 0.05) is 50.9 Å². The molecule has 2 aromatic rings. The van der Waals surface area contributed by atoms with Crippen molar-refractivity contribution in [3.05, 3.63) is 57.5 Å². The number of hydrogen-bond acceptors (Lipinski definition) is 5. The maximum atomic E-state index is 12.9. The Kier molecular flexibility index (Phi) is 4.91. The van der Waals surface area contributed by atoms with Gasteiger partial charge in [-0.1, -0.05) is 12.5 Å². The van der Waals surface area contributed by atoms with E-state index in [0.29, 0.717) is 12.4 Å². The third-order valence-corrected chi connectivity index (χ3v) is 6.60. The van der Waals surface area contributed by atoms with Gasteiger partial charge in [0.1, 0.15) is 5.82 Å². The lowest BCUT2D eigenvalue weighted by Gasteiger charge is -2.33. The molecule has 7 heteroatoms. The van der Waals surface area contributed by atoms with Crippen molar-refractivity contribution >= 4 is 5.91 Å². The van der Waals surface area contributed by atoms with Gasteiger partial charge in [-0.25, -0.2) is 4.98 Å². The van der Waals surface area contributed by atoms with Crippen LogP contribution in [0.15, 0.2) is 29.3 Å². The molecule has 0 bridgehead atoms. The number of nitrogens with one attached hydrogen (secondary N) is 1. The van der Waals surface area contributed by atoms with Gasteiger partial charge in [0.25, 0.3) is 5.56 Å². The van der Waals surface area contributed by atoms with Crippen molar-refractivity contribution in [2.24, 2.45) is 5.92 Å². The van der Waals surface area contributed by atoms with Crippen LogP contribution in [0.25, 0.3) is 0 Å². The summed E-state index contributed by atoms with van der Waals surface area (Å²) in [6.07, 6.45) is 9.41. The van der Waals surface area contributed by atoms with Crippen molar-refractivity contribution < 1.29 is 4.79 Å². The van der Waals surface area contributed by atoms with Gasteiger partial charge in [-0.05, 0) is 37.3 Å². The minimum Gasteiger partial charge on any atom is -0.332 e. The number of aromatic nitrogens is 3. The highest BCUT2D eigenvalue weighted by Crippen LogP contribution is 2.36. The summed E-state index contributed by atoms with van der Waals surface area (Å²) in [6.45, 7) is 3.02. The number of carbonyl (C=O) groups is 1. The molecule has 0 spiro atoms. The molecular weight excluding hydrogens is 366 g/mol. The van der Waals surface area contributed by atoms with Crippen LogP contribution >= 0.6 is 0 Å². The van der Waals surface area contributed by atoms with Crippen LogP contribution in [-0.2, 0) is 24.3 Å². The second kappa shape index (κ2) is 7.71. The van der Waals surface area contributed by atoms with Crippen LogP contribution in [0.5, 0.6) is 0 Å². The van der Waals surface area contributed by atoms with Crippen molar-refractivity contribution in [2.75, 3.05) is 13.1 Å². The summed E-state index contributed by atoms with van der Waals surface area (Å²) in [5.41, 5.74) is 2.75. The number of fused-ring (bicyclic) bond motifs is 1. The maximum Gasteiger partial charge on any atom is 0.255 e. The van der Waals surface area contributed by atoms with Crippen LogP contribution in [0, 0.1) is 5.92 Å². The highest BCUT2D eigenvalue weighted by atomic mass is 16.2. The standard InChI is InChI=1S/C22H27N5O2/c28-21-17-14-26(13-15-4-2-9-23-12-15)11-8-18(17)24-20(25-21)19-7-3-10-27(19)22(29)16-5-1-6-16/h2,4,9,12,16,19H,1,3,5-8,10-11,13-14H2,(H,24,25,28)/t19-/m1/s1. The lowest BCUT2D eigenvalue weighted by atomic mass is 9.84. The largest absolute Gasteiger partial charge is 0.332 e. The van der Waals surface area contributed by atoms with E-state index in [0.717, 1.165) is 75.0 Å². The van der Waals surface area contributed by atoms with Crippen LogP contribution in [0.4, 0.5) is 0 Å². The van der Waals surface area contributed by atoms with Gasteiger partial charge in [-0.2, -0.15) is 0 Å². The summed E-state index contributed by atoms with van der Waals surface area (Å²) < 4.78 is 0. The average molecular weight is 393 g/mol. The fraction of sp³-hybridized carbons (Fsp3) is 0.545. The highest BCUT2D eigenvalue weighted by molar-refractivity contribution is 5.80. The summed E-state index contributed by atoms with van der Waals surface area (Å²) in [5, 5.41) is 0. The molecule has 2 aliphatic heterocycles. The Bertz CT molecular complexity index is 953. The number of aromatic amines is 1. The number of rotatable bonds is 4. The fourth-order valence-electron chi connectivity index (χ4n) is 4.75. The third kappa shape index (κ3) is 3.59. The second-order valence-electron chi connectivity index (χ2n) is 8.52. The molecule has 1 amide bonds. The van der Waals surface area contributed by atoms with Gasteiger partial charge < -0.3 is 9.88 Å². The molecule has 7 nitrogen and oxygen atoms in total. The normalized spacial score (nSPS) is 22.3. The fourth-order valence-corrected chi connectivity index (χ4v) is 4.75. The van der Waals surface area contributed by atoms with Crippen LogP contribution in [-0.4, -0.2) is 43.7 Å². The van der Waals surface area contributed by atoms with Gasteiger partial charge in [0.2, 0.25) is 5.91 Å². The average Bonchev–Trinajstić information content (AvgIpc) is 3.18. The first-order valence-electron chi connectivity index (χ1n) is 10.7. The Hall–Kier alpha value is -2.54. The first-order valence-corrected chi connectivity index (χ1v) is 10.7. The van der Waals surface area contributed by atoms with Gasteiger partial charge >= 0.3 is 0 Å². The number of carbonyl (C=O) groups excluding carboxylic acids is 1. The summed E-state index contributed by atoms with van der Waals surface area (Å²) >= 11 is 0. The zero-order valence-electron chi connectivity index (χ0n) is 16.6. The van der Waals surface area contributed by atoms with Crippen LogP contribution in [0.3, 0.4) is 0 Å². The number of hydrogen-bond donors (Lipinski definition) is 1. The molecule has 0 unspecified atom stereocenters. The molecule has 1 saturated heterocycles. The summed E-state index contributed by atoms with van der Waals surface area (Å²) in [6, 6.07) is 3.92. The van der Waals surface area contributed by atoms with E-state index in [9.17, 15) is 9.59 Å². The van der Waals surface area contributed by atoms with E-state index in [1.54, 1.807) is 6.20 Å². The van der Waals surface area contributed by atoms with E-state index in [1.165, 1.54) is 0 Å². The molecule has 2 aromatic heterocycles. The molecule has 1 N–H and O–H groups in total. The van der Waals surface area contributed by atoms with Crippen molar-refractivity contribution in [1.29, 1.82) is 0 Å². The first-order chi connectivity index (χ1) is 14.2. The second-order valence-corrected chi connectivity index (χ2v) is 8.52. The SMILES string of the molecule is O=C(C1CCC1)N1CCC[C@@H]1c1nc2c(c(=O)[nH]1)CN(Cc1cccnc1)CC2. The number of amides is 1. The molecule has 0 radical (unpaired) electrons. The molecule has 3 aliphatic rings. The van der Waals surface area contributed by atoms with Crippen LogP contribution in [0.2, 0.25) is 0 Å². The van der Waals surface area contributed by atoms with E-state index in [-0.39, 0.29) is 23.4 Å². The Labute approximate surface area is 170 Å². The predicted molar refractivity (Wildman–Crippen MR) is 108 cm³/mol. The topological polar surface area (TPSA) is 82.2 Å². The van der Waals surface area contributed by atoms with Gasteiger partial charge in [-0.15, -0.1) is 0 Å². The first kappa shape index (κ1) is 18.5. The number of pyridine rings is 1. The molecule has 4 heterocycles. The molecular formula is C22H27N5O2. The smallest absolute Gasteiger partial charge is 0.255 e. The minimum absolute atomic E-state index is 0.0520. The number of nitrogens with zero attached hydrogens (tertiary/aromatic N) is 4. The molecule has 5 rings (SSSR count). The van der Waals surface area contributed by atoms with Gasteiger partial charge in [0.05, 0.1) is 17.3 Å². The van der Waals surface area contributed by atoms with Crippen molar-refractivity contribution in [1.82, 2.24) is 24.8 Å². The lowest BCUT2D eigenvalue weighted by Crippen LogP contribution is -2.40. The zero-order valence-corrected chi connectivity index (χ0v) is 16.6. The maximum absolute atomic E-state index is 12.9. The predicted octanol–water partition coefficient (Wildman–Crippen LogP) is 2.19. The third-order valence-electron chi connectivity index (χ3n) is 6.60. The van der Waals surface area contributed by atoms with Gasteiger partial charge in [0.15, 0.2) is 0 Å². The summed E-state index contributed by atoms with van der Waals surface area (Å²) in [5.74, 6) is 1.11. The van der Waals surface area contributed by atoms with E-state index >= 15 is 0 Å².